The number of nitrogens with zero attached hydrogens (tertiary/aromatic N) is 1. The second-order valence-corrected chi connectivity index (χ2v) is 4.53. The lowest BCUT2D eigenvalue weighted by Gasteiger charge is -2.22. The molecule has 1 N–H and O–H groups in total. The normalized spacial score (nSPS) is 26.9. The largest absolute Gasteiger partial charge is 0.467 e. The van der Waals surface area contributed by atoms with Gasteiger partial charge in [-0.1, -0.05) is 6.92 Å². The van der Waals surface area contributed by atoms with Gasteiger partial charge in [0.05, 0.1) is 18.8 Å². The van der Waals surface area contributed by atoms with E-state index in [2.05, 4.69) is 12.2 Å². The van der Waals surface area contributed by atoms with Crippen molar-refractivity contribution >= 4 is 5.91 Å². The number of carbonyl (C=O) groups excluding carboxylic acids is 1. The summed E-state index contributed by atoms with van der Waals surface area (Å²) < 4.78 is 5.28. The summed E-state index contributed by atoms with van der Waals surface area (Å²) >= 11 is 0. The fourth-order valence-electron chi connectivity index (χ4n) is 2.00. The summed E-state index contributed by atoms with van der Waals surface area (Å²) in [5, 5.41) is 3.23. The maximum absolute atomic E-state index is 12.0. The Morgan fingerprint density at radius 3 is 3.06 bits per heavy atom. The summed E-state index contributed by atoms with van der Waals surface area (Å²) in [6.07, 6.45) is 1.64. The predicted octanol–water partition coefficient (Wildman–Crippen LogP) is 1.24. The lowest BCUT2D eigenvalue weighted by atomic mass is 10.2. The fourth-order valence-corrected chi connectivity index (χ4v) is 2.00. The summed E-state index contributed by atoms with van der Waals surface area (Å²) in [5.74, 6) is 1.47. The fraction of sp³-hybridized carbons (Fsp3) is 0.583. The van der Waals surface area contributed by atoms with Crippen LogP contribution in [0.15, 0.2) is 22.8 Å². The van der Waals surface area contributed by atoms with Crippen molar-refractivity contribution in [2.75, 3.05) is 13.1 Å². The van der Waals surface area contributed by atoms with Crippen LogP contribution in [0.4, 0.5) is 0 Å². The molecule has 4 nitrogen and oxygen atoms in total. The molecule has 16 heavy (non-hydrogen) atoms. The van der Waals surface area contributed by atoms with Crippen molar-refractivity contribution in [3.8, 4) is 0 Å². The van der Waals surface area contributed by atoms with E-state index in [0.717, 1.165) is 18.8 Å². The van der Waals surface area contributed by atoms with E-state index in [-0.39, 0.29) is 11.9 Å². The molecule has 0 bridgehead atoms. The van der Waals surface area contributed by atoms with E-state index in [1.165, 1.54) is 0 Å². The van der Waals surface area contributed by atoms with Crippen LogP contribution in [-0.4, -0.2) is 29.9 Å². The zero-order chi connectivity index (χ0) is 11.5. The van der Waals surface area contributed by atoms with Crippen molar-refractivity contribution < 1.29 is 9.21 Å². The van der Waals surface area contributed by atoms with Crippen LogP contribution in [0.5, 0.6) is 0 Å². The minimum absolute atomic E-state index is 0.0973. The van der Waals surface area contributed by atoms with Gasteiger partial charge >= 0.3 is 0 Å². The SMILES string of the molecule is CC1CNC(C)C(=O)N(Cc2ccco2)C1. The lowest BCUT2D eigenvalue weighted by molar-refractivity contribution is -0.133. The van der Waals surface area contributed by atoms with Gasteiger partial charge in [0.2, 0.25) is 5.91 Å². The van der Waals surface area contributed by atoms with Crippen LogP contribution >= 0.6 is 0 Å². The van der Waals surface area contributed by atoms with Crippen LogP contribution in [0.2, 0.25) is 0 Å². The van der Waals surface area contributed by atoms with E-state index in [0.29, 0.717) is 12.5 Å². The first-order valence-corrected chi connectivity index (χ1v) is 5.71. The molecule has 0 aromatic carbocycles. The molecule has 88 valence electrons. The molecule has 0 saturated carbocycles. The monoisotopic (exact) mass is 222 g/mol. The standard InChI is InChI=1S/C12H18N2O2/c1-9-6-13-10(2)12(15)14(7-9)8-11-4-3-5-16-11/h3-5,9-10,13H,6-8H2,1-2H3. The molecule has 2 unspecified atom stereocenters. The molecular weight excluding hydrogens is 204 g/mol. The Morgan fingerprint density at radius 2 is 2.38 bits per heavy atom. The average Bonchev–Trinajstić information content (AvgIpc) is 2.72. The molecule has 1 fully saturated rings. The third-order valence-corrected chi connectivity index (χ3v) is 2.91. The minimum Gasteiger partial charge on any atom is -0.467 e. The molecular formula is C12H18N2O2. The highest BCUT2D eigenvalue weighted by Crippen LogP contribution is 2.12. The molecule has 1 aromatic heterocycles. The van der Waals surface area contributed by atoms with Gasteiger partial charge < -0.3 is 14.6 Å². The van der Waals surface area contributed by atoms with Crippen molar-refractivity contribution in [2.24, 2.45) is 5.92 Å². The summed E-state index contributed by atoms with van der Waals surface area (Å²) in [7, 11) is 0. The van der Waals surface area contributed by atoms with Crippen LogP contribution in [0.3, 0.4) is 0 Å². The highest BCUT2D eigenvalue weighted by molar-refractivity contribution is 5.81. The third-order valence-electron chi connectivity index (χ3n) is 2.91. The molecule has 1 saturated heterocycles. The van der Waals surface area contributed by atoms with Gasteiger partial charge in [0.1, 0.15) is 5.76 Å². The maximum atomic E-state index is 12.0. The summed E-state index contributed by atoms with van der Waals surface area (Å²) in [6.45, 7) is 6.31. The topological polar surface area (TPSA) is 45.5 Å². The Kier molecular flexibility index (Phi) is 3.29. The number of rotatable bonds is 2. The molecule has 4 heteroatoms. The molecule has 1 aliphatic heterocycles. The van der Waals surface area contributed by atoms with Crippen molar-refractivity contribution in [3.05, 3.63) is 24.2 Å². The highest BCUT2D eigenvalue weighted by Gasteiger charge is 2.26. The minimum atomic E-state index is -0.0973. The summed E-state index contributed by atoms with van der Waals surface area (Å²) in [4.78, 5) is 13.9. The molecule has 2 atom stereocenters. The van der Waals surface area contributed by atoms with Crippen molar-refractivity contribution in [3.63, 3.8) is 0 Å². The smallest absolute Gasteiger partial charge is 0.239 e. The number of hydrogen-bond donors (Lipinski definition) is 1. The van der Waals surface area contributed by atoms with E-state index in [1.54, 1.807) is 6.26 Å². The van der Waals surface area contributed by atoms with Gasteiger partial charge in [-0.15, -0.1) is 0 Å². The highest BCUT2D eigenvalue weighted by atomic mass is 16.3. The first-order valence-electron chi connectivity index (χ1n) is 5.71. The predicted molar refractivity (Wildman–Crippen MR) is 60.8 cm³/mol. The van der Waals surface area contributed by atoms with Crippen LogP contribution < -0.4 is 5.32 Å². The van der Waals surface area contributed by atoms with Crippen molar-refractivity contribution in [1.82, 2.24) is 10.2 Å². The van der Waals surface area contributed by atoms with E-state index >= 15 is 0 Å². The summed E-state index contributed by atoms with van der Waals surface area (Å²) in [5.41, 5.74) is 0. The molecule has 1 aromatic rings. The Bertz CT molecular complexity index is 348. The van der Waals surface area contributed by atoms with Crippen molar-refractivity contribution in [2.45, 2.75) is 26.4 Å². The number of hydrogen-bond acceptors (Lipinski definition) is 3. The van der Waals surface area contributed by atoms with Gasteiger partial charge in [0.15, 0.2) is 0 Å². The number of nitrogens with one attached hydrogen (secondary N) is 1. The van der Waals surface area contributed by atoms with Gasteiger partial charge in [-0.25, -0.2) is 0 Å². The van der Waals surface area contributed by atoms with Crippen LogP contribution in [0, 0.1) is 5.92 Å². The van der Waals surface area contributed by atoms with Gasteiger partial charge in [-0.3, -0.25) is 4.79 Å². The molecule has 2 heterocycles. The van der Waals surface area contributed by atoms with E-state index in [9.17, 15) is 4.79 Å². The zero-order valence-electron chi connectivity index (χ0n) is 9.77. The quantitative estimate of drug-likeness (QED) is 0.818. The number of carbonyl (C=O) groups is 1. The van der Waals surface area contributed by atoms with Crippen LogP contribution in [0.25, 0.3) is 0 Å². The molecule has 0 radical (unpaired) electrons. The van der Waals surface area contributed by atoms with Crippen LogP contribution in [0.1, 0.15) is 19.6 Å². The van der Waals surface area contributed by atoms with Crippen molar-refractivity contribution in [1.29, 1.82) is 0 Å². The van der Waals surface area contributed by atoms with Gasteiger partial charge in [-0.2, -0.15) is 0 Å². The molecule has 2 rings (SSSR count). The zero-order valence-corrected chi connectivity index (χ0v) is 9.77. The van der Waals surface area contributed by atoms with Gasteiger partial charge in [0.25, 0.3) is 0 Å². The number of amides is 1. The molecule has 1 aliphatic rings. The maximum Gasteiger partial charge on any atom is 0.239 e. The Balaban J connectivity index is 2.07. The van der Waals surface area contributed by atoms with E-state index in [1.807, 2.05) is 24.0 Å². The van der Waals surface area contributed by atoms with E-state index in [4.69, 9.17) is 4.42 Å². The molecule has 1 amide bonds. The summed E-state index contributed by atoms with van der Waals surface area (Å²) in [6, 6.07) is 3.66. The lowest BCUT2D eigenvalue weighted by Crippen LogP contribution is -2.41. The molecule has 0 spiro atoms. The number of furan rings is 1. The second-order valence-electron chi connectivity index (χ2n) is 4.53. The second kappa shape index (κ2) is 4.70. The average molecular weight is 222 g/mol. The Hall–Kier alpha value is -1.29. The van der Waals surface area contributed by atoms with Gasteiger partial charge in [0, 0.05) is 13.1 Å². The van der Waals surface area contributed by atoms with Gasteiger partial charge in [-0.05, 0) is 25.0 Å². The Labute approximate surface area is 95.6 Å². The first-order chi connectivity index (χ1) is 7.66. The first kappa shape index (κ1) is 11.2. The Morgan fingerprint density at radius 1 is 1.56 bits per heavy atom. The molecule has 0 aliphatic carbocycles. The third kappa shape index (κ3) is 2.44. The van der Waals surface area contributed by atoms with E-state index < -0.39 is 0 Å². The van der Waals surface area contributed by atoms with Crippen LogP contribution in [-0.2, 0) is 11.3 Å².